The lowest BCUT2D eigenvalue weighted by Gasteiger charge is -2.20. The van der Waals surface area contributed by atoms with Crippen LogP contribution in [-0.2, 0) is 12.3 Å². The Balaban J connectivity index is 1.31. The third-order valence-corrected chi connectivity index (χ3v) is 7.25. The van der Waals surface area contributed by atoms with Crippen LogP contribution in [0.25, 0.3) is 11.0 Å². The first-order valence-electron chi connectivity index (χ1n) is 11.7. The molecule has 7 heteroatoms. The second-order valence-corrected chi connectivity index (χ2v) is 9.61. The molecule has 2 aromatic carbocycles. The highest BCUT2D eigenvalue weighted by atomic mass is 32.2. The fraction of sp³-hybridized carbons (Fsp3) is 0.296. The number of likely N-dealkylation sites (tertiary alicyclic amines) is 1. The summed E-state index contributed by atoms with van der Waals surface area (Å²) in [5.41, 5.74) is 4.54. The van der Waals surface area contributed by atoms with Crippen LogP contribution in [0.5, 0.6) is 0 Å². The topological polar surface area (TPSA) is 51.0 Å². The zero-order valence-electron chi connectivity index (χ0n) is 19.0. The molecule has 1 aliphatic heterocycles. The Bertz CT molecular complexity index is 1280. The van der Waals surface area contributed by atoms with Crippen molar-refractivity contribution >= 4 is 28.7 Å². The molecule has 5 nitrogen and oxygen atoms in total. The van der Waals surface area contributed by atoms with Crippen molar-refractivity contribution in [3.05, 3.63) is 89.5 Å². The summed E-state index contributed by atoms with van der Waals surface area (Å²) in [5, 5.41) is 0.858. The van der Waals surface area contributed by atoms with E-state index in [1.165, 1.54) is 18.9 Å². The lowest BCUT2D eigenvalue weighted by Crippen LogP contribution is -2.31. The molecule has 0 bridgehead atoms. The van der Waals surface area contributed by atoms with E-state index in [0.717, 1.165) is 64.6 Å². The summed E-state index contributed by atoms with van der Waals surface area (Å²) in [4.78, 5) is 23.9. The predicted octanol–water partition coefficient (Wildman–Crippen LogP) is 5.93. The molecule has 1 amide bonds. The molecule has 0 unspecified atom stereocenters. The first kappa shape index (κ1) is 22.6. The minimum absolute atomic E-state index is 0.130. The second kappa shape index (κ2) is 10.4. The highest BCUT2D eigenvalue weighted by Crippen LogP contribution is 2.28. The lowest BCUT2D eigenvalue weighted by molar-refractivity contribution is 0.0761. The molecule has 1 fully saturated rings. The highest BCUT2D eigenvalue weighted by Gasteiger charge is 2.17. The van der Waals surface area contributed by atoms with Gasteiger partial charge in [0.25, 0.3) is 5.91 Å². The summed E-state index contributed by atoms with van der Waals surface area (Å²) in [6, 6.07) is 16.5. The second-order valence-electron chi connectivity index (χ2n) is 8.67. The van der Waals surface area contributed by atoms with Gasteiger partial charge < -0.3 is 9.47 Å². The van der Waals surface area contributed by atoms with E-state index >= 15 is 0 Å². The van der Waals surface area contributed by atoms with Gasteiger partial charge in [-0.1, -0.05) is 48.9 Å². The average Bonchev–Trinajstić information content (AvgIpc) is 3.01. The minimum Gasteiger partial charge on any atom is -0.339 e. The molecule has 1 aliphatic rings. The van der Waals surface area contributed by atoms with Crippen LogP contribution in [0.15, 0.2) is 72.1 Å². The minimum atomic E-state index is -0.246. The number of benzene rings is 2. The Kier molecular flexibility index (Phi) is 6.90. The van der Waals surface area contributed by atoms with E-state index < -0.39 is 0 Å². The number of rotatable bonds is 6. The number of carbonyl (C=O) groups is 1. The molecule has 34 heavy (non-hydrogen) atoms. The summed E-state index contributed by atoms with van der Waals surface area (Å²) in [6.07, 6.45) is 8.13. The molecule has 0 radical (unpaired) electrons. The van der Waals surface area contributed by atoms with Crippen molar-refractivity contribution in [1.29, 1.82) is 0 Å². The normalized spacial score (nSPS) is 14.3. The number of halogens is 1. The molecule has 0 N–H and O–H groups in total. The van der Waals surface area contributed by atoms with Crippen molar-refractivity contribution in [2.75, 3.05) is 13.1 Å². The maximum absolute atomic E-state index is 13.7. The van der Waals surface area contributed by atoms with Gasteiger partial charge in [-0.05, 0) is 54.3 Å². The number of thioether (sulfide) groups is 1. The van der Waals surface area contributed by atoms with Crippen molar-refractivity contribution < 1.29 is 9.18 Å². The Morgan fingerprint density at radius 3 is 2.53 bits per heavy atom. The first-order valence-corrected chi connectivity index (χ1v) is 12.7. The fourth-order valence-corrected chi connectivity index (χ4v) is 5.35. The molecule has 2 aromatic heterocycles. The molecule has 0 saturated carbocycles. The van der Waals surface area contributed by atoms with Crippen LogP contribution in [0.2, 0.25) is 0 Å². The molecule has 4 aromatic rings. The third-order valence-electron chi connectivity index (χ3n) is 6.21. The molecule has 1 saturated heterocycles. The maximum Gasteiger partial charge on any atom is 0.253 e. The zero-order valence-corrected chi connectivity index (χ0v) is 19.8. The van der Waals surface area contributed by atoms with Gasteiger partial charge >= 0.3 is 0 Å². The quantitative estimate of drug-likeness (QED) is 0.325. The van der Waals surface area contributed by atoms with E-state index in [9.17, 15) is 9.18 Å². The van der Waals surface area contributed by atoms with E-state index in [2.05, 4.69) is 9.55 Å². The van der Waals surface area contributed by atoms with Gasteiger partial charge in [-0.15, -0.1) is 0 Å². The predicted molar refractivity (Wildman–Crippen MR) is 133 cm³/mol. The molecular formula is C27H27FN4OS. The van der Waals surface area contributed by atoms with Gasteiger partial charge in [-0.2, -0.15) is 0 Å². The third kappa shape index (κ3) is 5.14. The van der Waals surface area contributed by atoms with Gasteiger partial charge in [0.1, 0.15) is 5.82 Å². The van der Waals surface area contributed by atoms with Crippen LogP contribution in [0, 0.1) is 5.82 Å². The molecular weight excluding hydrogens is 447 g/mol. The molecule has 3 heterocycles. The number of hydrogen-bond acceptors (Lipinski definition) is 4. The molecule has 0 aliphatic carbocycles. The standard InChI is InChI=1S/C27H27FN4OS/c28-23-7-5-6-21(16-23)18-32-25-17-29-13-12-24(25)30-27(32)34-19-20-8-10-22(11-9-20)26(33)31-14-3-1-2-4-15-31/h5-13,16-17H,1-4,14-15,18-19H2. The van der Waals surface area contributed by atoms with Crippen LogP contribution < -0.4 is 0 Å². The largest absolute Gasteiger partial charge is 0.339 e. The molecule has 5 rings (SSSR count). The van der Waals surface area contributed by atoms with Crippen molar-refractivity contribution in [3.63, 3.8) is 0 Å². The van der Waals surface area contributed by atoms with Crippen LogP contribution in [-0.4, -0.2) is 38.4 Å². The van der Waals surface area contributed by atoms with Crippen molar-refractivity contribution in [1.82, 2.24) is 19.4 Å². The first-order chi connectivity index (χ1) is 16.7. The lowest BCUT2D eigenvalue weighted by atomic mass is 10.1. The van der Waals surface area contributed by atoms with E-state index in [1.54, 1.807) is 36.3 Å². The van der Waals surface area contributed by atoms with Gasteiger partial charge in [-0.25, -0.2) is 9.37 Å². The van der Waals surface area contributed by atoms with Crippen LogP contribution in [0.1, 0.15) is 47.2 Å². The van der Waals surface area contributed by atoms with Crippen molar-refractivity contribution in [3.8, 4) is 0 Å². The zero-order chi connectivity index (χ0) is 23.3. The molecule has 0 spiro atoms. The number of imidazole rings is 1. The van der Waals surface area contributed by atoms with Crippen LogP contribution in [0.4, 0.5) is 4.39 Å². The number of pyridine rings is 1. The summed E-state index contributed by atoms with van der Waals surface area (Å²) >= 11 is 1.63. The van der Waals surface area contributed by atoms with Gasteiger partial charge in [0.2, 0.25) is 0 Å². The highest BCUT2D eigenvalue weighted by molar-refractivity contribution is 7.98. The van der Waals surface area contributed by atoms with Crippen LogP contribution in [0.3, 0.4) is 0 Å². The smallest absolute Gasteiger partial charge is 0.253 e. The Morgan fingerprint density at radius 1 is 0.971 bits per heavy atom. The number of carbonyl (C=O) groups excluding carboxylic acids is 1. The Labute approximate surface area is 203 Å². The summed E-state index contributed by atoms with van der Waals surface area (Å²) in [5.74, 6) is 0.604. The van der Waals surface area contributed by atoms with E-state index in [-0.39, 0.29) is 11.7 Å². The summed E-state index contributed by atoms with van der Waals surface area (Å²) in [6.45, 7) is 2.23. The summed E-state index contributed by atoms with van der Waals surface area (Å²) in [7, 11) is 0. The van der Waals surface area contributed by atoms with Crippen LogP contribution >= 0.6 is 11.8 Å². The Morgan fingerprint density at radius 2 is 1.76 bits per heavy atom. The van der Waals surface area contributed by atoms with E-state index in [1.807, 2.05) is 41.3 Å². The van der Waals surface area contributed by atoms with Gasteiger partial charge in [0.15, 0.2) is 5.16 Å². The molecule has 174 valence electrons. The number of amides is 1. The van der Waals surface area contributed by atoms with E-state index in [0.29, 0.717) is 6.54 Å². The number of aromatic nitrogens is 3. The van der Waals surface area contributed by atoms with E-state index in [4.69, 9.17) is 4.98 Å². The van der Waals surface area contributed by atoms with Gasteiger partial charge in [0, 0.05) is 30.6 Å². The van der Waals surface area contributed by atoms with Gasteiger partial charge in [-0.3, -0.25) is 9.78 Å². The SMILES string of the molecule is O=C(c1ccc(CSc2nc3ccncc3n2Cc2cccc(F)c2)cc1)N1CCCCCC1. The number of nitrogens with zero attached hydrogens (tertiary/aromatic N) is 4. The summed E-state index contributed by atoms with van der Waals surface area (Å²) < 4.78 is 15.8. The molecule has 0 atom stereocenters. The monoisotopic (exact) mass is 474 g/mol. The Hall–Kier alpha value is -3.19. The van der Waals surface area contributed by atoms with Crippen molar-refractivity contribution in [2.24, 2.45) is 0 Å². The van der Waals surface area contributed by atoms with Gasteiger partial charge in [0.05, 0.1) is 23.8 Å². The number of fused-ring (bicyclic) bond motifs is 1. The maximum atomic E-state index is 13.7. The number of hydrogen-bond donors (Lipinski definition) is 0. The fourth-order valence-electron chi connectivity index (χ4n) is 4.38. The average molecular weight is 475 g/mol. The van der Waals surface area contributed by atoms with Crippen molar-refractivity contribution in [2.45, 2.75) is 43.1 Å².